The Morgan fingerprint density at radius 1 is 0.600 bits per heavy atom. The SMILES string of the molecule is C[n+]1ccc(-c2cc[n+](Cc3ccccc3)cc2)cc1.F[B-](F)(F)F.F[B-](F)(F)F. The van der Waals surface area contributed by atoms with Gasteiger partial charge in [-0.25, -0.2) is 9.13 Å². The summed E-state index contributed by atoms with van der Waals surface area (Å²) in [7, 11) is -9.97. The van der Waals surface area contributed by atoms with Crippen molar-refractivity contribution in [3.8, 4) is 11.1 Å². The van der Waals surface area contributed by atoms with E-state index in [-0.39, 0.29) is 0 Å². The van der Waals surface area contributed by atoms with Crippen LogP contribution in [0.1, 0.15) is 5.56 Å². The molecule has 1 aromatic carbocycles. The molecule has 3 aromatic rings. The van der Waals surface area contributed by atoms with Crippen LogP contribution in [0.15, 0.2) is 79.4 Å². The van der Waals surface area contributed by atoms with Gasteiger partial charge in [-0.05, 0) is 11.1 Å². The maximum atomic E-state index is 9.75. The molecule has 0 aliphatic rings. The number of rotatable bonds is 3. The van der Waals surface area contributed by atoms with Crippen LogP contribution in [0.3, 0.4) is 0 Å². The number of aromatic nitrogens is 2. The summed E-state index contributed by atoms with van der Waals surface area (Å²) in [4.78, 5) is 0. The number of halogens is 8. The van der Waals surface area contributed by atoms with E-state index in [0.29, 0.717) is 0 Å². The monoisotopic (exact) mass is 436 g/mol. The zero-order valence-electron chi connectivity index (χ0n) is 15.8. The quantitative estimate of drug-likeness (QED) is 0.306. The average Bonchev–Trinajstić information content (AvgIpc) is 2.61. The van der Waals surface area contributed by atoms with E-state index < -0.39 is 14.5 Å². The summed E-state index contributed by atoms with van der Waals surface area (Å²) in [5.74, 6) is 0. The lowest BCUT2D eigenvalue weighted by molar-refractivity contribution is -0.688. The van der Waals surface area contributed by atoms with Gasteiger partial charge in [-0.1, -0.05) is 30.3 Å². The molecule has 0 spiro atoms. The molecule has 2 aromatic heterocycles. The Morgan fingerprint density at radius 2 is 0.967 bits per heavy atom. The molecular weight excluding hydrogens is 418 g/mol. The molecule has 0 aliphatic carbocycles. The lowest BCUT2D eigenvalue weighted by atomic mass is 10.1. The lowest BCUT2D eigenvalue weighted by Crippen LogP contribution is -2.33. The Kier molecular flexibility index (Phi) is 9.48. The fraction of sp³-hybridized carbons (Fsp3) is 0.111. The summed E-state index contributed by atoms with van der Waals surface area (Å²) in [6, 6.07) is 19.1. The van der Waals surface area contributed by atoms with Crippen LogP contribution in [-0.2, 0) is 13.6 Å². The van der Waals surface area contributed by atoms with Crippen LogP contribution in [0.2, 0.25) is 0 Å². The van der Waals surface area contributed by atoms with Crippen LogP contribution < -0.4 is 9.13 Å². The Hall–Kier alpha value is -2.91. The third-order valence-corrected chi connectivity index (χ3v) is 3.41. The molecule has 0 radical (unpaired) electrons. The summed E-state index contributed by atoms with van der Waals surface area (Å²) < 4.78 is 82.2. The molecule has 0 saturated carbocycles. The van der Waals surface area contributed by atoms with E-state index >= 15 is 0 Å². The summed E-state index contributed by atoms with van der Waals surface area (Å²) in [6.45, 7) is 0.908. The second-order valence-corrected chi connectivity index (χ2v) is 5.99. The first-order valence-corrected chi connectivity index (χ1v) is 8.54. The van der Waals surface area contributed by atoms with Gasteiger partial charge in [0.05, 0.1) is 0 Å². The topological polar surface area (TPSA) is 7.76 Å². The molecule has 0 bridgehead atoms. The van der Waals surface area contributed by atoms with Gasteiger partial charge in [-0.3, -0.25) is 0 Å². The molecule has 0 N–H and O–H groups in total. The molecule has 0 atom stereocenters. The molecule has 30 heavy (non-hydrogen) atoms. The summed E-state index contributed by atoms with van der Waals surface area (Å²) in [5.41, 5.74) is 3.81. The summed E-state index contributed by atoms with van der Waals surface area (Å²) in [6.07, 6.45) is 8.41. The first-order valence-electron chi connectivity index (χ1n) is 8.54. The third-order valence-electron chi connectivity index (χ3n) is 3.41. The Labute approximate surface area is 168 Å². The van der Waals surface area contributed by atoms with Crippen molar-refractivity contribution in [1.29, 1.82) is 0 Å². The van der Waals surface area contributed by atoms with E-state index in [1.165, 1.54) is 16.7 Å². The zero-order valence-corrected chi connectivity index (χ0v) is 15.8. The van der Waals surface area contributed by atoms with Crippen LogP contribution in [0.25, 0.3) is 11.1 Å². The predicted octanol–water partition coefficient (Wildman–Crippen LogP) is 5.11. The van der Waals surface area contributed by atoms with Gasteiger partial charge >= 0.3 is 14.5 Å². The first kappa shape index (κ1) is 25.1. The van der Waals surface area contributed by atoms with E-state index in [9.17, 15) is 34.5 Å². The lowest BCUT2D eigenvalue weighted by Gasteiger charge is -2.01. The number of aryl methyl sites for hydroxylation is 1. The van der Waals surface area contributed by atoms with Gasteiger partial charge in [0.2, 0.25) is 0 Å². The highest BCUT2D eigenvalue weighted by Crippen LogP contribution is 2.15. The van der Waals surface area contributed by atoms with Crippen molar-refractivity contribution in [3.63, 3.8) is 0 Å². The van der Waals surface area contributed by atoms with E-state index in [1.54, 1.807) is 0 Å². The van der Waals surface area contributed by atoms with Crippen molar-refractivity contribution in [1.82, 2.24) is 0 Å². The largest absolute Gasteiger partial charge is 0.673 e. The van der Waals surface area contributed by atoms with Gasteiger partial charge in [-0.15, -0.1) is 0 Å². The minimum Gasteiger partial charge on any atom is -0.418 e. The van der Waals surface area contributed by atoms with Crippen LogP contribution in [0, 0.1) is 0 Å². The minimum absolute atomic E-state index is 0.908. The van der Waals surface area contributed by atoms with Crippen LogP contribution in [-0.4, -0.2) is 14.5 Å². The second-order valence-electron chi connectivity index (χ2n) is 5.99. The number of pyridine rings is 2. The van der Waals surface area contributed by atoms with Gasteiger partial charge in [0.15, 0.2) is 31.3 Å². The molecular formula is C18H18B2F8N2. The van der Waals surface area contributed by atoms with E-state index in [4.69, 9.17) is 0 Å². The number of hydrogen-bond acceptors (Lipinski definition) is 0. The van der Waals surface area contributed by atoms with Crippen molar-refractivity contribution < 1.29 is 43.7 Å². The predicted molar refractivity (Wildman–Crippen MR) is 99.2 cm³/mol. The molecule has 0 unspecified atom stereocenters. The van der Waals surface area contributed by atoms with Crippen molar-refractivity contribution >= 4 is 14.5 Å². The minimum atomic E-state index is -6.00. The third kappa shape index (κ3) is 13.3. The number of nitrogens with zero attached hydrogens (tertiary/aromatic N) is 2. The highest BCUT2D eigenvalue weighted by molar-refractivity contribution is 6.50. The first-order chi connectivity index (χ1) is 13.8. The molecule has 3 rings (SSSR count). The van der Waals surface area contributed by atoms with E-state index in [0.717, 1.165) is 6.54 Å². The summed E-state index contributed by atoms with van der Waals surface area (Å²) >= 11 is 0. The molecule has 0 amide bonds. The van der Waals surface area contributed by atoms with Crippen molar-refractivity contribution in [2.45, 2.75) is 6.54 Å². The van der Waals surface area contributed by atoms with Crippen LogP contribution >= 0.6 is 0 Å². The van der Waals surface area contributed by atoms with Crippen LogP contribution in [0.5, 0.6) is 0 Å². The van der Waals surface area contributed by atoms with Gasteiger partial charge < -0.3 is 34.5 Å². The molecule has 2 nitrogen and oxygen atoms in total. The second kappa shape index (κ2) is 11.3. The van der Waals surface area contributed by atoms with Gasteiger partial charge in [-0.2, -0.15) is 0 Å². The van der Waals surface area contributed by atoms with Crippen molar-refractivity contribution in [2.24, 2.45) is 7.05 Å². The standard InChI is InChI=1S/C18H18N2.2BF4/c1-19-11-7-17(8-12-19)18-9-13-20(14-10-18)15-16-5-3-2-4-6-16;2*2-1(3,4)5/h2-14H,15H2,1H3;;/q+2;2*-1. The van der Waals surface area contributed by atoms with Gasteiger partial charge in [0, 0.05) is 29.8 Å². The maximum Gasteiger partial charge on any atom is 0.673 e. The maximum absolute atomic E-state index is 9.75. The summed E-state index contributed by atoms with van der Waals surface area (Å²) in [5, 5.41) is 0. The normalized spacial score (nSPS) is 11.0. The average molecular weight is 436 g/mol. The molecule has 12 heteroatoms. The van der Waals surface area contributed by atoms with Gasteiger partial charge in [0.25, 0.3) is 0 Å². The molecule has 0 saturated heterocycles. The van der Waals surface area contributed by atoms with Crippen molar-refractivity contribution in [3.05, 3.63) is 84.9 Å². The number of benzene rings is 1. The molecule has 0 fully saturated rings. The highest BCUT2D eigenvalue weighted by Gasteiger charge is 2.21. The Morgan fingerprint density at radius 3 is 1.37 bits per heavy atom. The van der Waals surface area contributed by atoms with E-state index in [2.05, 4.69) is 77.9 Å². The molecule has 0 aliphatic heterocycles. The highest BCUT2D eigenvalue weighted by atomic mass is 19.5. The molecule has 2 heterocycles. The van der Waals surface area contributed by atoms with Gasteiger partial charge in [0.1, 0.15) is 7.05 Å². The van der Waals surface area contributed by atoms with Crippen molar-refractivity contribution in [2.75, 3.05) is 0 Å². The fourth-order valence-electron chi connectivity index (χ4n) is 2.24. The fourth-order valence-corrected chi connectivity index (χ4v) is 2.24. The zero-order chi connectivity index (χ0) is 22.8. The smallest absolute Gasteiger partial charge is 0.418 e. The van der Waals surface area contributed by atoms with Crippen LogP contribution in [0.4, 0.5) is 34.5 Å². The van der Waals surface area contributed by atoms with E-state index in [1.807, 2.05) is 17.7 Å². The molecule has 162 valence electrons. The number of hydrogen-bond donors (Lipinski definition) is 0. The Balaban J connectivity index is 0.000000378. The Bertz CT molecular complexity index is 844.